The largest absolute Gasteiger partial charge is 0.341 e. The van der Waals surface area contributed by atoms with Crippen LogP contribution in [0.5, 0.6) is 0 Å². The second-order valence-corrected chi connectivity index (χ2v) is 7.16. The monoisotopic (exact) mass is 361 g/mol. The fourth-order valence-electron chi connectivity index (χ4n) is 3.17. The number of nitrogens with zero attached hydrogens (tertiary/aromatic N) is 2. The number of carbonyl (C=O) groups is 1. The van der Waals surface area contributed by atoms with E-state index in [0.29, 0.717) is 11.3 Å². The van der Waals surface area contributed by atoms with Gasteiger partial charge in [0, 0.05) is 7.05 Å². The van der Waals surface area contributed by atoms with Gasteiger partial charge in [-0.05, 0) is 35.6 Å². The maximum absolute atomic E-state index is 12.7. The van der Waals surface area contributed by atoms with Crippen LogP contribution in [-0.2, 0) is 13.5 Å². The molecule has 2 heterocycles. The summed E-state index contributed by atoms with van der Waals surface area (Å²) in [6, 6.07) is 21.7. The topological polar surface area (TPSA) is 46.9 Å². The second-order valence-electron chi connectivity index (χ2n) is 6.21. The summed E-state index contributed by atoms with van der Waals surface area (Å²) in [5, 5.41) is 5.09. The quantitative estimate of drug-likeness (QED) is 0.574. The van der Waals surface area contributed by atoms with Gasteiger partial charge in [-0.15, -0.1) is 11.3 Å². The van der Waals surface area contributed by atoms with Crippen LogP contribution in [0, 0.1) is 0 Å². The molecule has 1 N–H and O–H groups in total. The number of hydrogen-bond donors (Lipinski definition) is 1. The summed E-state index contributed by atoms with van der Waals surface area (Å²) in [6.45, 7) is 0. The number of hydrogen-bond acceptors (Lipinski definition) is 3. The molecule has 0 aliphatic rings. The number of thiophene rings is 1. The van der Waals surface area contributed by atoms with Crippen molar-refractivity contribution in [2.45, 2.75) is 12.5 Å². The van der Waals surface area contributed by atoms with Crippen molar-refractivity contribution in [1.29, 1.82) is 0 Å². The van der Waals surface area contributed by atoms with Crippen molar-refractivity contribution in [2.24, 2.45) is 7.05 Å². The first-order valence-corrected chi connectivity index (χ1v) is 9.40. The van der Waals surface area contributed by atoms with E-state index in [1.54, 1.807) is 0 Å². The molecule has 0 saturated heterocycles. The van der Waals surface area contributed by atoms with Gasteiger partial charge in [0.2, 0.25) is 0 Å². The predicted molar refractivity (Wildman–Crippen MR) is 105 cm³/mol. The van der Waals surface area contributed by atoms with E-state index in [9.17, 15) is 4.79 Å². The normalized spacial score (nSPS) is 12.2. The van der Waals surface area contributed by atoms with Crippen LogP contribution in [0.2, 0.25) is 0 Å². The van der Waals surface area contributed by atoms with E-state index in [2.05, 4.69) is 22.0 Å². The fourth-order valence-corrected chi connectivity index (χ4v) is 3.80. The lowest BCUT2D eigenvalue weighted by Gasteiger charge is -2.18. The Morgan fingerprint density at radius 1 is 1.08 bits per heavy atom. The Kier molecular flexibility index (Phi) is 4.54. The van der Waals surface area contributed by atoms with E-state index in [-0.39, 0.29) is 11.9 Å². The van der Waals surface area contributed by atoms with Crippen LogP contribution in [0.4, 0.5) is 0 Å². The van der Waals surface area contributed by atoms with E-state index < -0.39 is 0 Å². The Morgan fingerprint density at radius 3 is 2.58 bits per heavy atom. The summed E-state index contributed by atoms with van der Waals surface area (Å²) in [4.78, 5) is 18.2. The van der Waals surface area contributed by atoms with Crippen LogP contribution in [0.15, 0.2) is 72.1 Å². The second kappa shape index (κ2) is 7.14. The van der Waals surface area contributed by atoms with Gasteiger partial charge in [0.1, 0.15) is 5.82 Å². The third kappa shape index (κ3) is 3.26. The molecule has 4 aromatic rings. The van der Waals surface area contributed by atoms with E-state index in [4.69, 9.17) is 4.98 Å². The minimum atomic E-state index is -0.204. The van der Waals surface area contributed by atoms with E-state index >= 15 is 0 Å². The third-order valence-electron chi connectivity index (χ3n) is 4.47. The highest BCUT2D eigenvalue weighted by Crippen LogP contribution is 2.23. The van der Waals surface area contributed by atoms with Crippen molar-refractivity contribution >= 4 is 28.3 Å². The summed E-state index contributed by atoms with van der Waals surface area (Å²) in [7, 11) is 2.00. The third-order valence-corrected chi connectivity index (χ3v) is 5.33. The zero-order chi connectivity index (χ0) is 17.9. The van der Waals surface area contributed by atoms with Crippen LogP contribution in [0.25, 0.3) is 11.0 Å². The minimum absolute atomic E-state index is 0.0620. The molecule has 0 spiro atoms. The number of carbonyl (C=O) groups excluding carboxylic acids is 1. The molecule has 0 saturated carbocycles. The molecular formula is C21H19N3OS. The summed E-state index contributed by atoms with van der Waals surface area (Å²) in [5.74, 6) is 0.799. The first-order chi connectivity index (χ1) is 12.7. The standard InChI is InChI=1S/C21H19N3OS/c1-24-18-11-6-5-10-16(18)22-20(24)17(14-15-8-3-2-4-9-15)23-21(25)19-12-7-13-26-19/h2-13,17H,14H2,1H3,(H,23,25)/t17-/m1/s1. The molecule has 4 rings (SSSR count). The zero-order valence-electron chi connectivity index (χ0n) is 14.4. The Morgan fingerprint density at radius 2 is 1.85 bits per heavy atom. The predicted octanol–water partition coefficient (Wildman–Crippen LogP) is 4.35. The van der Waals surface area contributed by atoms with Crippen LogP contribution in [-0.4, -0.2) is 15.5 Å². The van der Waals surface area contributed by atoms with E-state index in [1.807, 2.05) is 67.0 Å². The number of fused-ring (bicyclic) bond motifs is 1. The highest BCUT2D eigenvalue weighted by atomic mass is 32.1. The minimum Gasteiger partial charge on any atom is -0.341 e. The molecule has 0 fully saturated rings. The van der Waals surface area contributed by atoms with Crippen LogP contribution in [0.3, 0.4) is 0 Å². The van der Waals surface area contributed by atoms with Gasteiger partial charge >= 0.3 is 0 Å². The van der Waals surface area contributed by atoms with Crippen molar-refractivity contribution in [3.8, 4) is 0 Å². The van der Waals surface area contributed by atoms with Gasteiger partial charge in [0.25, 0.3) is 5.91 Å². The van der Waals surface area contributed by atoms with Crippen molar-refractivity contribution < 1.29 is 4.79 Å². The van der Waals surface area contributed by atoms with Gasteiger partial charge in [-0.1, -0.05) is 48.5 Å². The molecule has 1 amide bonds. The Hall–Kier alpha value is -2.92. The molecule has 0 bridgehead atoms. The van der Waals surface area contributed by atoms with Crippen molar-refractivity contribution in [3.05, 3.63) is 88.4 Å². The highest BCUT2D eigenvalue weighted by Gasteiger charge is 2.22. The number of rotatable bonds is 5. The number of nitrogens with one attached hydrogen (secondary N) is 1. The molecule has 4 nitrogen and oxygen atoms in total. The molecule has 2 aromatic heterocycles. The molecule has 0 radical (unpaired) electrons. The molecular weight excluding hydrogens is 342 g/mol. The van der Waals surface area contributed by atoms with Gasteiger partial charge in [-0.2, -0.15) is 0 Å². The number of aromatic nitrogens is 2. The van der Waals surface area contributed by atoms with Gasteiger partial charge in [-0.25, -0.2) is 4.98 Å². The van der Waals surface area contributed by atoms with Gasteiger partial charge in [-0.3, -0.25) is 4.79 Å². The molecule has 5 heteroatoms. The molecule has 0 unspecified atom stereocenters. The number of para-hydroxylation sites is 2. The van der Waals surface area contributed by atoms with Crippen LogP contribution in [0.1, 0.15) is 27.1 Å². The average Bonchev–Trinajstić information content (AvgIpc) is 3.31. The molecule has 2 aromatic carbocycles. The number of benzene rings is 2. The van der Waals surface area contributed by atoms with Gasteiger partial charge < -0.3 is 9.88 Å². The molecule has 1 atom stereocenters. The van der Waals surface area contributed by atoms with Crippen molar-refractivity contribution in [1.82, 2.24) is 14.9 Å². The fraction of sp³-hybridized carbons (Fsp3) is 0.143. The molecule has 0 aliphatic carbocycles. The highest BCUT2D eigenvalue weighted by molar-refractivity contribution is 7.12. The number of amides is 1. The van der Waals surface area contributed by atoms with E-state index in [1.165, 1.54) is 11.3 Å². The lowest BCUT2D eigenvalue weighted by molar-refractivity contribution is 0.0938. The zero-order valence-corrected chi connectivity index (χ0v) is 15.2. The maximum atomic E-state index is 12.7. The van der Waals surface area contributed by atoms with Crippen LogP contribution < -0.4 is 5.32 Å². The van der Waals surface area contributed by atoms with Crippen LogP contribution >= 0.6 is 11.3 Å². The maximum Gasteiger partial charge on any atom is 0.261 e. The van der Waals surface area contributed by atoms with Gasteiger partial charge in [0.05, 0.1) is 22.0 Å². The Labute approximate surface area is 156 Å². The summed E-state index contributed by atoms with van der Waals surface area (Å²) < 4.78 is 2.07. The molecule has 130 valence electrons. The lowest BCUT2D eigenvalue weighted by Crippen LogP contribution is -2.31. The van der Waals surface area contributed by atoms with E-state index in [0.717, 1.165) is 22.4 Å². The Balaban J connectivity index is 1.71. The Bertz CT molecular complexity index is 1020. The first-order valence-electron chi connectivity index (χ1n) is 8.52. The molecule has 0 aliphatic heterocycles. The van der Waals surface area contributed by atoms with Crippen molar-refractivity contribution in [2.75, 3.05) is 0 Å². The van der Waals surface area contributed by atoms with Gasteiger partial charge in [0.15, 0.2) is 0 Å². The van der Waals surface area contributed by atoms with Crippen molar-refractivity contribution in [3.63, 3.8) is 0 Å². The SMILES string of the molecule is Cn1c([C@@H](Cc2ccccc2)NC(=O)c2cccs2)nc2ccccc21. The smallest absolute Gasteiger partial charge is 0.261 e. The summed E-state index contributed by atoms with van der Waals surface area (Å²) in [5.41, 5.74) is 3.16. The first kappa shape index (κ1) is 16.5. The molecule has 26 heavy (non-hydrogen) atoms. The number of imidazole rings is 1. The number of aryl methyl sites for hydroxylation is 1. The lowest BCUT2D eigenvalue weighted by atomic mass is 10.1. The average molecular weight is 361 g/mol. The summed E-state index contributed by atoms with van der Waals surface area (Å²) in [6.07, 6.45) is 0.690. The summed E-state index contributed by atoms with van der Waals surface area (Å²) >= 11 is 1.44.